The quantitative estimate of drug-likeness (QED) is 0.263. The van der Waals surface area contributed by atoms with E-state index in [-0.39, 0.29) is 23.0 Å². The highest BCUT2D eigenvalue weighted by molar-refractivity contribution is 7.93. The number of para-hydroxylation sites is 1. The van der Waals surface area contributed by atoms with Crippen LogP contribution in [0.25, 0.3) is 5.70 Å². The predicted molar refractivity (Wildman–Crippen MR) is 146 cm³/mol. The molecular formula is C31H27NO4S. The second-order valence-corrected chi connectivity index (χ2v) is 10.8. The Morgan fingerprint density at radius 2 is 1.49 bits per heavy atom. The largest absolute Gasteiger partial charge is 0.497 e. The van der Waals surface area contributed by atoms with Crippen LogP contribution in [0.5, 0.6) is 5.75 Å². The minimum Gasteiger partial charge on any atom is -0.497 e. The van der Waals surface area contributed by atoms with Crippen LogP contribution in [0, 0.1) is 6.92 Å². The highest BCUT2D eigenvalue weighted by Crippen LogP contribution is 2.44. The molecule has 0 spiro atoms. The highest BCUT2D eigenvalue weighted by Gasteiger charge is 2.36. The van der Waals surface area contributed by atoms with Crippen LogP contribution in [0.3, 0.4) is 0 Å². The zero-order chi connectivity index (χ0) is 26.0. The molecular weight excluding hydrogens is 482 g/mol. The molecule has 1 heterocycles. The Hall–Kier alpha value is -4.16. The lowest BCUT2D eigenvalue weighted by Crippen LogP contribution is -2.33. The van der Waals surface area contributed by atoms with E-state index in [0.29, 0.717) is 22.7 Å². The Kier molecular flexibility index (Phi) is 6.68. The van der Waals surface area contributed by atoms with Gasteiger partial charge in [-0.1, -0.05) is 72.3 Å². The second-order valence-electron chi connectivity index (χ2n) is 9.02. The number of anilines is 1. The van der Waals surface area contributed by atoms with Crippen molar-refractivity contribution in [2.75, 3.05) is 11.4 Å². The number of ether oxygens (including phenoxy) is 1. The van der Waals surface area contributed by atoms with Crippen LogP contribution >= 0.6 is 0 Å². The summed E-state index contributed by atoms with van der Waals surface area (Å²) in [6.07, 6.45) is 2.11. The lowest BCUT2D eigenvalue weighted by atomic mass is 9.86. The normalized spacial score (nSPS) is 15.0. The molecule has 0 aromatic heterocycles. The first kappa shape index (κ1) is 24.5. The number of nitrogens with zero attached hydrogens (tertiary/aromatic N) is 1. The zero-order valence-electron chi connectivity index (χ0n) is 20.7. The number of carbonyl (C=O) groups excluding carboxylic acids is 1. The predicted octanol–water partition coefficient (Wildman–Crippen LogP) is 6.61. The molecule has 0 aliphatic carbocycles. The van der Waals surface area contributed by atoms with Crippen LogP contribution in [0.4, 0.5) is 5.69 Å². The summed E-state index contributed by atoms with van der Waals surface area (Å²) in [4.78, 5) is 13.5. The Morgan fingerprint density at radius 3 is 2.16 bits per heavy atom. The highest BCUT2D eigenvalue weighted by atomic mass is 32.2. The van der Waals surface area contributed by atoms with E-state index in [4.69, 9.17) is 4.74 Å². The molecule has 6 heteroatoms. The van der Waals surface area contributed by atoms with Gasteiger partial charge in [0, 0.05) is 17.9 Å². The number of aryl methyl sites for hydroxylation is 1. The van der Waals surface area contributed by atoms with E-state index >= 15 is 0 Å². The number of allylic oxidation sites excluding steroid dienone is 1. The van der Waals surface area contributed by atoms with Crippen LogP contribution in [-0.4, -0.2) is 21.3 Å². The molecule has 0 radical (unpaired) electrons. The van der Waals surface area contributed by atoms with E-state index in [0.717, 1.165) is 16.7 Å². The third-order valence-electron chi connectivity index (χ3n) is 6.58. The molecule has 4 aromatic rings. The van der Waals surface area contributed by atoms with Gasteiger partial charge >= 0.3 is 0 Å². The standard InChI is InChI=1S/C31H27NO4S/c1-22-12-18-27(19-13-22)37(34,35)32-29-11-7-6-10-28(29)25(20-30(32)23-8-4-3-5-9-23)21-31(33)24-14-16-26(36-2)17-15-24/h3-20,25H,21H2,1-2H3/t25-/m0/s1. The van der Waals surface area contributed by atoms with Crippen molar-refractivity contribution in [3.8, 4) is 5.75 Å². The molecule has 0 N–H and O–H groups in total. The number of carbonyl (C=O) groups is 1. The maximum atomic E-state index is 14.1. The van der Waals surface area contributed by atoms with Crippen molar-refractivity contribution < 1.29 is 17.9 Å². The van der Waals surface area contributed by atoms with Gasteiger partial charge in [0.15, 0.2) is 5.78 Å². The van der Waals surface area contributed by atoms with Gasteiger partial charge in [0.1, 0.15) is 5.75 Å². The Balaban J connectivity index is 1.62. The smallest absolute Gasteiger partial charge is 0.268 e. The van der Waals surface area contributed by atoms with Crippen molar-refractivity contribution in [3.63, 3.8) is 0 Å². The molecule has 4 aromatic carbocycles. The van der Waals surface area contributed by atoms with E-state index in [1.165, 1.54) is 4.31 Å². The third kappa shape index (κ3) is 4.80. The minimum absolute atomic E-state index is 0.0269. The van der Waals surface area contributed by atoms with Gasteiger partial charge in [0.2, 0.25) is 0 Å². The molecule has 0 saturated heterocycles. The molecule has 5 nitrogen and oxygen atoms in total. The van der Waals surface area contributed by atoms with Gasteiger partial charge in [0.05, 0.1) is 23.4 Å². The van der Waals surface area contributed by atoms with E-state index in [1.54, 1.807) is 55.6 Å². The van der Waals surface area contributed by atoms with Crippen LogP contribution in [0.2, 0.25) is 0 Å². The van der Waals surface area contributed by atoms with Gasteiger partial charge in [-0.2, -0.15) is 0 Å². The van der Waals surface area contributed by atoms with Crippen molar-refractivity contribution in [2.24, 2.45) is 0 Å². The summed E-state index contributed by atoms with van der Waals surface area (Å²) >= 11 is 0. The average Bonchev–Trinajstić information content (AvgIpc) is 2.93. The molecule has 1 aliphatic rings. The van der Waals surface area contributed by atoms with Gasteiger partial charge in [-0.25, -0.2) is 12.7 Å². The van der Waals surface area contributed by atoms with Gasteiger partial charge in [-0.05, 0) is 60.5 Å². The lowest BCUT2D eigenvalue weighted by Gasteiger charge is -2.35. The fourth-order valence-electron chi connectivity index (χ4n) is 4.62. The molecule has 5 rings (SSSR count). The molecule has 0 bridgehead atoms. The third-order valence-corrected chi connectivity index (χ3v) is 8.32. The van der Waals surface area contributed by atoms with Gasteiger partial charge in [-0.15, -0.1) is 0 Å². The summed E-state index contributed by atoms with van der Waals surface area (Å²) in [5.74, 6) is 0.356. The van der Waals surface area contributed by atoms with E-state index < -0.39 is 10.0 Å². The monoisotopic (exact) mass is 509 g/mol. The van der Waals surface area contributed by atoms with Gasteiger partial charge in [0.25, 0.3) is 10.0 Å². The number of benzene rings is 4. The van der Waals surface area contributed by atoms with Crippen molar-refractivity contribution in [1.29, 1.82) is 0 Å². The van der Waals surface area contributed by atoms with Crippen molar-refractivity contribution in [2.45, 2.75) is 24.2 Å². The molecule has 0 amide bonds. The maximum absolute atomic E-state index is 14.1. The van der Waals surface area contributed by atoms with Crippen LogP contribution < -0.4 is 9.04 Å². The first-order chi connectivity index (χ1) is 17.9. The molecule has 1 aliphatic heterocycles. The molecule has 0 fully saturated rings. The van der Waals surface area contributed by atoms with E-state index in [9.17, 15) is 13.2 Å². The second kappa shape index (κ2) is 10.1. The van der Waals surface area contributed by atoms with Crippen LogP contribution in [0.15, 0.2) is 114 Å². The van der Waals surface area contributed by atoms with Crippen molar-refractivity contribution >= 4 is 27.2 Å². The number of methoxy groups -OCH3 is 1. The lowest BCUT2D eigenvalue weighted by molar-refractivity contribution is 0.0978. The topological polar surface area (TPSA) is 63.7 Å². The molecule has 0 saturated carbocycles. The minimum atomic E-state index is -3.94. The summed E-state index contributed by atoms with van der Waals surface area (Å²) in [6, 6.07) is 30.7. The zero-order valence-corrected chi connectivity index (χ0v) is 21.5. The summed E-state index contributed by atoms with van der Waals surface area (Å²) < 4.78 is 34.7. The average molecular weight is 510 g/mol. The number of sulfonamides is 1. The number of ketones is 1. The number of Topliss-reactive ketones (excluding diaryl/α,β-unsaturated/α-hetero) is 1. The summed E-state index contributed by atoms with van der Waals surface area (Å²) in [5.41, 5.74) is 4.20. The summed E-state index contributed by atoms with van der Waals surface area (Å²) in [7, 11) is -2.35. The Labute approximate surface area is 217 Å². The Bertz CT molecular complexity index is 1560. The number of rotatable bonds is 7. The maximum Gasteiger partial charge on any atom is 0.268 e. The molecule has 37 heavy (non-hydrogen) atoms. The molecule has 1 atom stereocenters. The molecule has 0 unspecified atom stereocenters. The summed E-state index contributed by atoms with van der Waals surface area (Å²) in [6.45, 7) is 1.92. The number of hydrogen-bond donors (Lipinski definition) is 0. The van der Waals surface area contributed by atoms with Gasteiger partial charge < -0.3 is 4.74 Å². The van der Waals surface area contributed by atoms with Crippen molar-refractivity contribution in [3.05, 3.63) is 131 Å². The van der Waals surface area contributed by atoms with Gasteiger partial charge in [-0.3, -0.25) is 4.79 Å². The van der Waals surface area contributed by atoms with Crippen LogP contribution in [-0.2, 0) is 10.0 Å². The van der Waals surface area contributed by atoms with E-state index in [1.807, 2.05) is 67.6 Å². The molecule has 186 valence electrons. The fraction of sp³-hybridized carbons (Fsp3) is 0.129. The number of hydrogen-bond acceptors (Lipinski definition) is 4. The van der Waals surface area contributed by atoms with E-state index in [2.05, 4.69) is 0 Å². The Morgan fingerprint density at radius 1 is 0.838 bits per heavy atom. The summed E-state index contributed by atoms with van der Waals surface area (Å²) in [5, 5.41) is 0. The van der Waals surface area contributed by atoms with Crippen molar-refractivity contribution in [1.82, 2.24) is 0 Å². The first-order valence-corrected chi connectivity index (χ1v) is 13.5. The van der Waals surface area contributed by atoms with Crippen LogP contribution in [0.1, 0.15) is 39.4 Å². The SMILES string of the molecule is COc1ccc(C(=O)C[C@@H]2C=C(c3ccccc3)N(S(=O)(=O)c3ccc(C)cc3)c3ccccc32)cc1. The first-order valence-electron chi connectivity index (χ1n) is 12.0. The fourth-order valence-corrected chi connectivity index (χ4v) is 6.17. The number of fused-ring (bicyclic) bond motifs is 1.